The van der Waals surface area contributed by atoms with E-state index >= 15 is 4.39 Å². The molecule has 0 saturated heterocycles. The Labute approximate surface area is 166 Å². The molecule has 0 atom stereocenters. The van der Waals surface area contributed by atoms with Crippen molar-refractivity contribution in [2.24, 2.45) is 0 Å². The van der Waals surface area contributed by atoms with Crippen LogP contribution in [-0.4, -0.2) is 13.0 Å². The number of hydrogen-bond donors (Lipinski definition) is 1. The second-order valence-corrected chi connectivity index (χ2v) is 7.10. The maximum absolute atomic E-state index is 15.3. The Kier molecular flexibility index (Phi) is 5.91. The Balaban J connectivity index is 1.95. The summed E-state index contributed by atoms with van der Waals surface area (Å²) in [7, 11) is 1.54. The minimum Gasteiger partial charge on any atom is -0.496 e. The molecule has 0 aliphatic rings. The number of amides is 1. The molecular formula is C22H19BrFNO2. The molecule has 0 radical (unpaired) electrons. The molecule has 138 valence electrons. The fraction of sp³-hybridized carbons (Fsp3) is 0.136. The maximum Gasteiger partial charge on any atom is 0.221 e. The number of methoxy groups -OCH3 is 1. The third-order valence-electron chi connectivity index (χ3n) is 4.19. The summed E-state index contributed by atoms with van der Waals surface area (Å²) in [5.74, 6) is 0.0800. The van der Waals surface area contributed by atoms with Crippen LogP contribution in [0.25, 0.3) is 11.1 Å². The first-order valence-electron chi connectivity index (χ1n) is 8.45. The second kappa shape index (κ2) is 8.35. The van der Waals surface area contributed by atoms with E-state index in [-0.39, 0.29) is 11.7 Å². The molecule has 0 heterocycles. The summed E-state index contributed by atoms with van der Waals surface area (Å²) in [5, 5.41) is 2.72. The van der Waals surface area contributed by atoms with Crippen molar-refractivity contribution < 1.29 is 13.9 Å². The first-order chi connectivity index (χ1) is 13.0. The van der Waals surface area contributed by atoms with E-state index in [1.165, 1.54) is 14.0 Å². The SMILES string of the molecule is COc1ccc(Cc2ccc(NC(C)=O)cc2)c(F)c1-c1cccc(Br)c1. The van der Waals surface area contributed by atoms with Gasteiger partial charge < -0.3 is 10.1 Å². The monoisotopic (exact) mass is 427 g/mol. The van der Waals surface area contributed by atoms with Crippen LogP contribution in [-0.2, 0) is 11.2 Å². The van der Waals surface area contributed by atoms with Crippen LogP contribution in [0, 0.1) is 5.82 Å². The third-order valence-corrected chi connectivity index (χ3v) is 4.68. The lowest BCUT2D eigenvalue weighted by Crippen LogP contribution is -2.05. The standard InChI is InChI=1S/C22H19BrFNO2/c1-14(26)25-19-9-6-15(7-10-19)12-17-8-11-20(27-2)21(22(17)24)16-4-3-5-18(23)13-16/h3-11,13H,12H2,1-2H3,(H,25,26). The smallest absolute Gasteiger partial charge is 0.221 e. The lowest BCUT2D eigenvalue weighted by molar-refractivity contribution is -0.114. The number of carbonyl (C=O) groups excluding carboxylic acids is 1. The fourth-order valence-corrected chi connectivity index (χ4v) is 3.35. The largest absolute Gasteiger partial charge is 0.496 e. The van der Waals surface area contributed by atoms with Crippen LogP contribution < -0.4 is 10.1 Å². The summed E-state index contributed by atoms with van der Waals surface area (Å²) in [6, 6.07) is 18.4. The lowest BCUT2D eigenvalue weighted by atomic mass is 9.97. The summed E-state index contributed by atoms with van der Waals surface area (Å²) >= 11 is 3.43. The molecule has 1 N–H and O–H groups in total. The minimum absolute atomic E-state index is 0.123. The van der Waals surface area contributed by atoms with Crippen molar-refractivity contribution in [3.8, 4) is 16.9 Å². The highest BCUT2D eigenvalue weighted by atomic mass is 79.9. The molecule has 0 aliphatic heterocycles. The molecule has 0 saturated carbocycles. The van der Waals surface area contributed by atoms with Gasteiger partial charge in [-0.25, -0.2) is 4.39 Å². The summed E-state index contributed by atoms with van der Waals surface area (Å²) < 4.78 is 21.6. The molecule has 1 amide bonds. The quantitative estimate of drug-likeness (QED) is 0.557. The Morgan fingerprint density at radius 1 is 1.11 bits per heavy atom. The van der Waals surface area contributed by atoms with Crippen LogP contribution in [0.1, 0.15) is 18.1 Å². The van der Waals surface area contributed by atoms with Gasteiger partial charge in [0.15, 0.2) is 0 Å². The van der Waals surface area contributed by atoms with Crippen LogP contribution in [0.15, 0.2) is 65.1 Å². The average Bonchev–Trinajstić information content (AvgIpc) is 2.64. The van der Waals surface area contributed by atoms with E-state index in [2.05, 4.69) is 21.2 Å². The molecule has 0 aromatic heterocycles. The van der Waals surface area contributed by atoms with E-state index in [1.807, 2.05) is 48.5 Å². The molecule has 0 bridgehead atoms. The van der Waals surface area contributed by atoms with Gasteiger partial charge in [-0.15, -0.1) is 0 Å². The summed E-state index contributed by atoms with van der Waals surface area (Å²) in [6.45, 7) is 1.46. The van der Waals surface area contributed by atoms with Gasteiger partial charge in [0.05, 0.1) is 12.7 Å². The Hall–Kier alpha value is -2.66. The lowest BCUT2D eigenvalue weighted by Gasteiger charge is -2.14. The number of nitrogens with one attached hydrogen (secondary N) is 1. The number of benzene rings is 3. The van der Waals surface area contributed by atoms with Gasteiger partial charge in [0.1, 0.15) is 11.6 Å². The summed E-state index contributed by atoms with van der Waals surface area (Å²) in [6.07, 6.45) is 0.442. The molecule has 5 heteroatoms. The van der Waals surface area contributed by atoms with Crippen LogP contribution in [0.2, 0.25) is 0 Å². The van der Waals surface area contributed by atoms with Crippen molar-refractivity contribution in [2.75, 3.05) is 12.4 Å². The fourth-order valence-electron chi connectivity index (χ4n) is 2.95. The van der Waals surface area contributed by atoms with Crippen LogP contribution >= 0.6 is 15.9 Å². The molecule has 3 aromatic carbocycles. The Morgan fingerprint density at radius 3 is 2.48 bits per heavy atom. The van der Waals surface area contributed by atoms with Crippen molar-refractivity contribution in [3.05, 3.63) is 82.1 Å². The second-order valence-electron chi connectivity index (χ2n) is 6.18. The van der Waals surface area contributed by atoms with E-state index in [4.69, 9.17) is 4.74 Å². The number of hydrogen-bond acceptors (Lipinski definition) is 2. The van der Waals surface area contributed by atoms with Crippen molar-refractivity contribution >= 4 is 27.5 Å². The molecule has 0 aliphatic carbocycles. The van der Waals surface area contributed by atoms with Gasteiger partial charge in [-0.3, -0.25) is 4.79 Å². The van der Waals surface area contributed by atoms with Gasteiger partial charge in [-0.2, -0.15) is 0 Å². The van der Waals surface area contributed by atoms with Crippen molar-refractivity contribution in [1.82, 2.24) is 0 Å². The zero-order valence-corrected chi connectivity index (χ0v) is 16.6. The van der Waals surface area contributed by atoms with Gasteiger partial charge >= 0.3 is 0 Å². The molecule has 3 aromatic rings. The number of rotatable bonds is 5. The van der Waals surface area contributed by atoms with Crippen LogP contribution in [0.5, 0.6) is 5.75 Å². The highest BCUT2D eigenvalue weighted by molar-refractivity contribution is 9.10. The number of halogens is 2. The molecule has 27 heavy (non-hydrogen) atoms. The average molecular weight is 428 g/mol. The zero-order chi connectivity index (χ0) is 19.4. The highest BCUT2D eigenvalue weighted by Crippen LogP contribution is 2.36. The van der Waals surface area contributed by atoms with Crippen molar-refractivity contribution in [2.45, 2.75) is 13.3 Å². The Morgan fingerprint density at radius 2 is 1.85 bits per heavy atom. The van der Waals surface area contributed by atoms with Gasteiger partial charge in [-0.05, 0) is 47.0 Å². The van der Waals surface area contributed by atoms with E-state index < -0.39 is 0 Å². The predicted molar refractivity (Wildman–Crippen MR) is 110 cm³/mol. The topological polar surface area (TPSA) is 38.3 Å². The first-order valence-corrected chi connectivity index (χ1v) is 9.25. The van der Waals surface area contributed by atoms with Gasteiger partial charge in [-0.1, -0.05) is 46.3 Å². The third kappa shape index (κ3) is 4.55. The minimum atomic E-state index is -0.293. The highest BCUT2D eigenvalue weighted by Gasteiger charge is 2.16. The van der Waals surface area contributed by atoms with Gasteiger partial charge in [0.2, 0.25) is 5.91 Å². The van der Waals surface area contributed by atoms with E-state index in [0.717, 1.165) is 21.3 Å². The maximum atomic E-state index is 15.3. The molecule has 3 nitrogen and oxygen atoms in total. The van der Waals surface area contributed by atoms with Gasteiger partial charge in [0.25, 0.3) is 0 Å². The van der Waals surface area contributed by atoms with Gasteiger partial charge in [0, 0.05) is 23.5 Å². The predicted octanol–water partition coefficient (Wildman–Crippen LogP) is 5.81. The molecule has 3 rings (SSSR count). The van der Waals surface area contributed by atoms with Crippen LogP contribution in [0.3, 0.4) is 0 Å². The number of ether oxygens (including phenoxy) is 1. The normalized spacial score (nSPS) is 10.5. The number of anilines is 1. The number of carbonyl (C=O) groups is 1. The van der Waals surface area contributed by atoms with E-state index in [9.17, 15) is 4.79 Å². The molecule has 0 unspecified atom stereocenters. The van der Waals surface area contributed by atoms with E-state index in [0.29, 0.717) is 23.3 Å². The van der Waals surface area contributed by atoms with Crippen LogP contribution in [0.4, 0.5) is 10.1 Å². The first kappa shape index (κ1) is 19.1. The molecular weight excluding hydrogens is 409 g/mol. The molecule has 0 spiro atoms. The van der Waals surface area contributed by atoms with Crippen molar-refractivity contribution in [1.29, 1.82) is 0 Å². The molecule has 0 fully saturated rings. The summed E-state index contributed by atoms with van der Waals surface area (Å²) in [4.78, 5) is 11.1. The van der Waals surface area contributed by atoms with E-state index in [1.54, 1.807) is 12.1 Å². The Bertz CT molecular complexity index is 971. The summed E-state index contributed by atoms with van der Waals surface area (Å²) in [5.41, 5.74) is 3.45. The van der Waals surface area contributed by atoms with Crippen molar-refractivity contribution in [3.63, 3.8) is 0 Å². The zero-order valence-electron chi connectivity index (χ0n) is 15.1.